The van der Waals surface area contributed by atoms with Crippen molar-refractivity contribution in [1.29, 1.82) is 0 Å². The number of hydrogen-bond donors (Lipinski definition) is 2. The van der Waals surface area contributed by atoms with E-state index in [1.165, 1.54) is 12.0 Å². The number of pyridine rings is 1. The summed E-state index contributed by atoms with van der Waals surface area (Å²) in [7, 11) is 0. The normalized spacial score (nSPS) is 31.3. The van der Waals surface area contributed by atoms with Crippen molar-refractivity contribution < 1.29 is 14.6 Å². The van der Waals surface area contributed by atoms with Gasteiger partial charge in [0.05, 0.1) is 0 Å². The molecule has 5 unspecified atom stereocenters. The number of allylic oxidation sites excluding steroid dienone is 2. The maximum Gasteiger partial charge on any atom is 0.262 e. The second-order valence-electron chi connectivity index (χ2n) is 9.64. The summed E-state index contributed by atoms with van der Waals surface area (Å²) in [6.45, 7) is 6.36. The van der Waals surface area contributed by atoms with E-state index in [2.05, 4.69) is 24.9 Å². The first kappa shape index (κ1) is 20.8. The van der Waals surface area contributed by atoms with Crippen molar-refractivity contribution in [2.75, 3.05) is 0 Å². The van der Waals surface area contributed by atoms with Gasteiger partial charge in [0.25, 0.3) is 5.56 Å². The summed E-state index contributed by atoms with van der Waals surface area (Å²) in [5, 5.41) is 9.68. The number of carbonyl (C=O) groups excluding carboxylic acids is 1. The number of phenolic OH excluding ortho intramolecular Hbond substituents is 1. The number of nitrogens with one attached hydrogen (secondary N) is 1. The molecule has 5 heteroatoms. The highest BCUT2D eigenvalue weighted by molar-refractivity contribution is 6.10. The highest BCUT2D eigenvalue weighted by Gasteiger charge is 2.59. The maximum absolute atomic E-state index is 14.0. The van der Waals surface area contributed by atoms with Gasteiger partial charge < -0.3 is 14.8 Å². The lowest BCUT2D eigenvalue weighted by Crippen LogP contribution is -2.54. The number of ether oxygens (including phenoxy) is 1. The zero-order chi connectivity index (χ0) is 22.6. The number of hydrogen-bond acceptors (Lipinski definition) is 4. The molecule has 2 aliphatic carbocycles. The number of phenols is 1. The highest BCUT2D eigenvalue weighted by atomic mass is 16.5. The van der Waals surface area contributed by atoms with E-state index in [4.69, 9.17) is 4.74 Å². The van der Waals surface area contributed by atoms with Gasteiger partial charge >= 0.3 is 0 Å². The van der Waals surface area contributed by atoms with Crippen LogP contribution in [0, 0.1) is 23.7 Å². The Bertz CT molecular complexity index is 1190. The maximum atomic E-state index is 14.0. The van der Waals surface area contributed by atoms with E-state index in [1.54, 1.807) is 30.5 Å². The molecule has 5 rings (SSSR count). The van der Waals surface area contributed by atoms with Crippen LogP contribution >= 0.6 is 0 Å². The summed E-state index contributed by atoms with van der Waals surface area (Å²) in [4.78, 5) is 29.5. The molecule has 2 aromatic rings. The number of rotatable bonds is 2. The van der Waals surface area contributed by atoms with Crippen LogP contribution in [0.1, 0.15) is 50.4 Å². The van der Waals surface area contributed by atoms with Gasteiger partial charge in [0, 0.05) is 17.7 Å². The van der Waals surface area contributed by atoms with Crippen LogP contribution in [0.25, 0.3) is 11.1 Å². The molecule has 0 saturated heterocycles. The Labute approximate surface area is 187 Å². The van der Waals surface area contributed by atoms with Gasteiger partial charge in [-0.15, -0.1) is 0 Å². The molecule has 0 radical (unpaired) electrons. The SMILES string of the molecule is CC=CC1C2CC(C)CCC2C(C)=CC12Oc1c(-c3ccc(O)cc3)c[nH]c(=O)c1C2=O. The van der Waals surface area contributed by atoms with Crippen molar-refractivity contribution in [2.45, 2.75) is 45.6 Å². The molecule has 1 spiro atoms. The Morgan fingerprint density at radius 2 is 1.94 bits per heavy atom. The smallest absolute Gasteiger partial charge is 0.262 e. The van der Waals surface area contributed by atoms with Crippen LogP contribution in [0.5, 0.6) is 11.5 Å². The van der Waals surface area contributed by atoms with E-state index in [1.807, 2.05) is 19.1 Å². The number of benzene rings is 1. The van der Waals surface area contributed by atoms with Crippen molar-refractivity contribution >= 4 is 5.78 Å². The van der Waals surface area contributed by atoms with Crippen LogP contribution in [0.15, 0.2) is 59.1 Å². The quantitative estimate of drug-likeness (QED) is 0.635. The Morgan fingerprint density at radius 1 is 1.19 bits per heavy atom. The van der Waals surface area contributed by atoms with E-state index >= 15 is 0 Å². The minimum Gasteiger partial charge on any atom is -0.508 e. The molecule has 0 bridgehead atoms. The monoisotopic (exact) mass is 431 g/mol. The number of aromatic hydroxyl groups is 1. The van der Waals surface area contributed by atoms with Gasteiger partial charge in [-0.25, -0.2) is 0 Å². The second kappa shape index (κ2) is 7.51. The predicted octanol–water partition coefficient (Wildman–Crippen LogP) is 5.27. The molecule has 1 aromatic carbocycles. The zero-order valence-electron chi connectivity index (χ0n) is 18.7. The molecular weight excluding hydrogens is 402 g/mol. The Hall–Kier alpha value is -3.08. The Kier molecular flexibility index (Phi) is 4.88. The average molecular weight is 432 g/mol. The van der Waals surface area contributed by atoms with E-state index in [9.17, 15) is 14.7 Å². The molecule has 1 saturated carbocycles. The third-order valence-electron chi connectivity index (χ3n) is 7.62. The first-order chi connectivity index (χ1) is 15.4. The summed E-state index contributed by atoms with van der Waals surface area (Å²) in [5.74, 6) is 1.44. The Balaban J connectivity index is 1.69. The van der Waals surface area contributed by atoms with Gasteiger partial charge in [-0.2, -0.15) is 0 Å². The third kappa shape index (κ3) is 2.98. The zero-order valence-corrected chi connectivity index (χ0v) is 18.7. The minimum atomic E-state index is -1.20. The van der Waals surface area contributed by atoms with Crippen LogP contribution in [-0.4, -0.2) is 21.5 Å². The molecular formula is C27H29NO4. The van der Waals surface area contributed by atoms with Crippen molar-refractivity contribution in [1.82, 2.24) is 4.98 Å². The van der Waals surface area contributed by atoms with Crippen LogP contribution < -0.4 is 10.3 Å². The number of fused-ring (bicyclic) bond motifs is 2. The van der Waals surface area contributed by atoms with Gasteiger partial charge in [0.15, 0.2) is 5.60 Å². The van der Waals surface area contributed by atoms with Crippen molar-refractivity contribution in [3.05, 3.63) is 70.2 Å². The summed E-state index contributed by atoms with van der Waals surface area (Å²) >= 11 is 0. The lowest BCUT2D eigenvalue weighted by molar-refractivity contribution is 0.0193. The second-order valence-corrected chi connectivity index (χ2v) is 9.64. The van der Waals surface area contributed by atoms with Crippen LogP contribution in [0.3, 0.4) is 0 Å². The summed E-state index contributed by atoms with van der Waals surface area (Å²) in [5.41, 5.74) is 1.08. The van der Waals surface area contributed by atoms with Crippen molar-refractivity contribution in [3.8, 4) is 22.6 Å². The van der Waals surface area contributed by atoms with E-state index in [-0.39, 0.29) is 23.0 Å². The van der Waals surface area contributed by atoms with E-state index in [0.717, 1.165) is 18.4 Å². The molecule has 5 nitrogen and oxygen atoms in total. The van der Waals surface area contributed by atoms with Gasteiger partial charge in [0.2, 0.25) is 5.78 Å². The molecule has 1 fully saturated rings. The van der Waals surface area contributed by atoms with Gasteiger partial charge in [-0.3, -0.25) is 9.59 Å². The lowest BCUT2D eigenvalue weighted by atomic mass is 9.58. The number of ketones is 1. The topological polar surface area (TPSA) is 79.4 Å². The molecule has 2 N–H and O–H groups in total. The lowest BCUT2D eigenvalue weighted by Gasteiger charge is -2.48. The predicted molar refractivity (Wildman–Crippen MR) is 124 cm³/mol. The number of aromatic amines is 1. The first-order valence-electron chi connectivity index (χ1n) is 11.5. The number of H-pyrrole nitrogens is 1. The number of carbonyl (C=O) groups is 1. The van der Waals surface area contributed by atoms with E-state index in [0.29, 0.717) is 29.1 Å². The van der Waals surface area contributed by atoms with Gasteiger partial charge in [-0.05, 0) is 68.2 Å². The van der Waals surface area contributed by atoms with Crippen LogP contribution in [-0.2, 0) is 0 Å². The largest absolute Gasteiger partial charge is 0.508 e. The molecule has 166 valence electrons. The van der Waals surface area contributed by atoms with Crippen molar-refractivity contribution in [2.24, 2.45) is 23.7 Å². The molecule has 2 heterocycles. The fourth-order valence-electron chi connectivity index (χ4n) is 6.15. The fourth-order valence-corrected chi connectivity index (χ4v) is 6.15. The molecule has 5 atom stereocenters. The average Bonchev–Trinajstić information content (AvgIpc) is 3.05. The molecule has 1 aromatic heterocycles. The first-order valence-corrected chi connectivity index (χ1v) is 11.5. The van der Waals surface area contributed by atoms with Crippen LogP contribution in [0.2, 0.25) is 0 Å². The molecule has 1 aliphatic heterocycles. The van der Waals surface area contributed by atoms with Crippen molar-refractivity contribution in [3.63, 3.8) is 0 Å². The van der Waals surface area contributed by atoms with Gasteiger partial charge in [0.1, 0.15) is 17.1 Å². The standard InChI is InChI=1S/C27H29NO4/c1-4-5-22-20-12-15(2)6-11-19(20)16(3)13-27(22)25(30)23-24(32-27)21(14-28-26(23)31)17-7-9-18(29)10-8-17/h4-5,7-10,13-15,19-20,22,29H,6,11-12H2,1-3H3,(H,28,31). The van der Waals surface area contributed by atoms with Gasteiger partial charge in [-0.1, -0.05) is 43.2 Å². The Morgan fingerprint density at radius 3 is 2.66 bits per heavy atom. The summed E-state index contributed by atoms with van der Waals surface area (Å²) in [6.07, 6.45) is 11.1. The minimum absolute atomic E-state index is 0.0939. The molecule has 0 amide bonds. The fraction of sp³-hybridized carbons (Fsp3) is 0.407. The number of Topliss-reactive ketones (excluding diaryl/α,β-unsaturated/α-hetero) is 1. The summed E-state index contributed by atoms with van der Waals surface area (Å²) < 4.78 is 6.60. The van der Waals surface area contributed by atoms with E-state index < -0.39 is 11.2 Å². The summed E-state index contributed by atoms with van der Waals surface area (Å²) in [6, 6.07) is 6.68. The molecule has 3 aliphatic rings. The number of aromatic nitrogens is 1. The van der Waals surface area contributed by atoms with Crippen LogP contribution in [0.4, 0.5) is 0 Å². The third-order valence-corrected chi connectivity index (χ3v) is 7.62. The highest BCUT2D eigenvalue weighted by Crippen LogP contribution is 2.55. The molecule has 32 heavy (non-hydrogen) atoms.